The summed E-state index contributed by atoms with van der Waals surface area (Å²) in [4.78, 5) is 16.4. The first-order chi connectivity index (χ1) is 21.2. The number of carbonyl (C=O) groups is 1. The highest BCUT2D eigenvalue weighted by atomic mass is 32.2. The van der Waals surface area contributed by atoms with Gasteiger partial charge >= 0.3 is 0 Å². The van der Waals surface area contributed by atoms with E-state index in [0.717, 1.165) is 44.1 Å². The summed E-state index contributed by atoms with van der Waals surface area (Å²) >= 11 is 0. The largest absolute Gasteiger partial charge is 0.497 e. The normalized spacial score (nSPS) is 24.6. The number of fused-ring (bicyclic) bond motifs is 2. The fourth-order valence-corrected chi connectivity index (χ4v) is 8.84. The number of nitrogens with one attached hydrogen (secondary N) is 2. The second-order valence-electron chi connectivity index (χ2n) is 12.8. The Labute approximate surface area is 262 Å². The molecule has 2 aromatic rings. The van der Waals surface area contributed by atoms with E-state index in [9.17, 15) is 18.3 Å². The van der Waals surface area contributed by atoms with Gasteiger partial charge in [0, 0.05) is 37.9 Å². The topological polar surface area (TPSA) is 117 Å². The summed E-state index contributed by atoms with van der Waals surface area (Å²) in [5.74, 6) is 0.642. The van der Waals surface area contributed by atoms with Crippen molar-refractivity contribution in [2.24, 2.45) is 5.41 Å². The Balaban J connectivity index is 1.24. The predicted octanol–water partition coefficient (Wildman–Crippen LogP) is 4.04. The molecule has 0 radical (unpaired) electrons. The van der Waals surface area contributed by atoms with Crippen LogP contribution in [0.1, 0.15) is 70.3 Å². The second kappa shape index (κ2) is 14.7. The summed E-state index contributed by atoms with van der Waals surface area (Å²) in [5, 5.41) is 15.0. The Bertz CT molecular complexity index is 1300. The van der Waals surface area contributed by atoms with E-state index in [1.165, 1.54) is 0 Å². The van der Waals surface area contributed by atoms with Gasteiger partial charge in [-0.25, -0.2) is 13.1 Å². The standard InChI is InChI=1S/C34H49N3O6S/c1-3-43-20-19-34(17-7-8-18-34)33(39)35-31(21-25-9-5-4-6-10-25)32(38)24-37-27-11-12-28(37)23-26(22-27)36-44(40,41)30-15-13-29(42-2)14-16-30/h4-6,9-10,13-16,26-28,31-32,36,38H,3,7-8,11-12,17-24H2,1-2H3,(H,35,39). The number of ether oxygens (including phenoxy) is 2. The fraction of sp³-hybridized carbons (Fsp3) is 0.618. The predicted molar refractivity (Wildman–Crippen MR) is 170 cm³/mol. The third-order valence-electron chi connectivity index (χ3n) is 10.0. The minimum Gasteiger partial charge on any atom is -0.497 e. The molecule has 0 spiro atoms. The Morgan fingerprint density at radius 2 is 1.70 bits per heavy atom. The third-order valence-corrected chi connectivity index (χ3v) is 11.6. The van der Waals surface area contributed by atoms with E-state index >= 15 is 0 Å². The van der Waals surface area contributed by atoms with E-state index in [1.807, 2.05) is 37.3 Å². The Morgan fingerprint density at radius 3 is 2.32 bits per heavy atom. The minimum absolute atomic E-state index is 0.0318. The monoisotopic (exact) mass is 627 g/mol. The molecule has 242 valence electrons. The van der Waals surface area contributed by atoms with Crippen molar-refractivity contribution in [1.29, 1.82) is 0 Å². The van der Waals surface area contributed by atoms with E-state index in [-0.39, 0.29) is 28.9 Å². The molecular weight excluding hydrogens is 578 g/mol. The first-order valence-corrected chi connectivity index (χ1v) is 17.7. The molecule has 2 bridgehead atoms. The molecule has 44 heavy (non-hydrogen) atoms. The lowest BCUT2D eigenvalue weighted by atomic mass is 9.81. The van der Waals surface area contributed by atoms with Gasteiger partial charge in [-0.15, -0.1) is 0 Å². The van der Waals surface area contributed by atoms with Gasteiger partial charge in [0.15, 0.2) is 0 Å². The van der Waals surface area contributed by atoms with E-state index in [2.05, 4.69) is 14.9 Å². The maximum absolute atomic E-state index is 13.9. The Hall–Kier alpha value is -2.50. The number of carbonyl (C=O) groups excluding carboxylic acids is 1. The average molecular weight is 628 g/mol. The number of piperidine rings is 1. The van der Waals surface area contributed by atoms with Gasteiger partial charge in [-0.05, 0) is 88.1 Å². The van der Waals surface area contributed by atoms with Crippen LogP contribution in [0.2, 0.25) is 0 Å². The van der Waals surface area contributed by atoms with Crippen LogP contribution in [-0.4, -0.2) is 81.5 Å². The van der Waals surface area contributed by atoms with Gasteiger partial charge < -0.3 is 19.9 Å². The number of hydrogen-bond donors (Lipinski definition) is 3. The fourth-order valence-electron chi connectivity index (χ4n) is 7.58. The summed E-state index contributed by atoms with van der Waals surface area (Å²) in [6, 6.07) is 16.2. The van der Waals surface area contributed by atoms with Crippen LogP contribution in [0.25, 0.3) is 0 Å². The summed E-state index contributed by atoms with van der Waals surface area (Å²) in [6.07, 6.45) is 7.56. The van der Waals surface area contributed by atoms with Crippen LogP contribution < -0.4 is 14.8 Å². The van der Waals surface area contributed by atoms with Crippen LogP contribution in [0, 0.1) is 5.41 Å². The van der Waals surface area contributed by atoms with Crippen molar-refractivity contribution in [3.63, 3.8) is 0 Å². The molecule has 3 N–H and O–H groups in total. The number of methoxy groups -OCH3 is 1. The van der Waals surface area contributed by atoms with Gasteiger partial charge in [0.05, 0.1) is 29.6 Å². The second-order valence-corrected chi connectivity index (χ2v) is 14.5. The maximum atomic E-state index is 13.9. The lowest BCUT2D eigenvalue weighted by Gasteiger charge is -2.41. The van der Waals surface area contributed by atoms with Crippen LogP contribution in [0.15, 0.2) is 59.5 Å². The molecule has 10 heteroatoms. The molecule has 4 atom stereocenters. The summed E-state index contributed by atoms with van der Waals surface area (Å²) in [7, 11) is -2.11. The van der Waals surface area contributed by atoms with Crippen LogP contribution in [0.3, 0.4) is 0 Å². The SMILES string of the molecule is CCOCCC1(C(=O)NC(Cc2ccccc2)C(O)CN2C3CCC2CC(NS(=O)(=O)c2ccc(OC)cc2)C3)CCCC1. The molecule has 2 saturated heterocycles. The lowest BCUT2D eigenvalue weighted by Crippen LogP contribution is -2.57. The van der Waals surface area contributed by atoms with Crippen molar-refractivity contribution in [2.75, 3.05) is 26.9 Å². The van der Waals surface area contributed by atoms with Gasteiger partial charge in [0.1, 0.15) is 5.75 Å². The van der Waals surface area contributed by atoms with Crippen molar-refractivity contribution < 1.29 is 27.8 Å². The molecule has 1 aliphatic carbocycles. The molecule has 1 amide bonds. The Morgan fingerprint density at radius 1 is 1.05 bits per heavy atom. The Kier molecular flexibility index (Phi) is 11.0. The van der Waals surface area contributed by atoms with Crippen molar-refractivity contribution in [3.8, 4) is 5.75 Å². The molecule has 0 aromatic heterocycles. The number of hydrogen-bond acceptors (Lipinski definition) is 7. The molecule has 2 aromatic carbocycles. The average Bonchev–Trinajstić information content (AvgIpc) is 3.59. The van der Waals surface area contributed by atoms with Crippen LogP contribution >= 0.6 is 0 Å². The highest BCUT2D eigenvalue weighted by Gasteiger charge is 2.45. The molecule has 2 heterocycles. The van der Waals surface area contributed by atoms with Crippen LogP contribution in [-0.2, 0) is 26.0 Å². The summed E-state index contributed by atoms with van der Waals surface area (Å²) in [6.45, 7) is 3.61. The number of rotatable bonds is 15. The van der Waals surface area contributed by atoms with E-state index in [4.69, 9.17) is 9.47 Å². The van der Waals surface area contributed by atoms with E-state index in [0.29, 0.717) is 51.2 Å². The quantitative estimate of drug-likeness (QED) is 0.255. The molecule has 9 nitrogen and oxygen atoms in total. The summed E-state index contributed by atoms with van der Waals surface area (Å²) < 4.78 is 40.0. The van der Waals surface area contributed by atoms with Crippen molar-refractivity contribution in [2.45, 2.75) is 106 Å². The zero-order valence-corrected chi connectivity index (χ0v) is 26.9. The highest BCUT2D eigenvalue weighted by Crippen LogP contribution is 2.42. The molecular formula is C34H49N3O6S. The van der Waals surface area contributed by atoms with Crippen molar-refractivity contribution >= 4 is 15.9 Å². The van der Waals surface area contributed by atoms with E-state index < -0.39 is 27.6 Å². The van der Waals surface area contributed by atoms with Gasteiger partial charge in [-0.1, -0.05) is 43.2 Å². The lowest BCUT2D eigenvalue weighted by molar-refractivity contribution is -0.134. The zero-order chi connectivity index (χ0) is 31.2. The van der Waals surface area contributed by atoms with Crippen LogP contribution in [0.4, 0.5) is 0 Å². The third kappa shape index (κ3) is 7.83. The summed E-state index contributed by atoms with van der Waals surface area (Å²) in [5.41, 5.74) is 0.628. The maximum Gasteiger partial charge on any atom is 0.240 e. The van der Waals surface area contributed by atoms with Gasteiger partial charge in [0.25, 0.3) is 0 Å². The minimum atomic E-state index is -3.66. The van der Waals surface area contributed by atoms with Gasteiger partial charge in [-0.2, -0.15) is 0 Å². The number of nitrogens with zero attached hydrogens (tertiary/aromatic N) is 1. The van der Waals surface area contributed by atoms with Crippen molar-refractivity contribution in [1.82, 2.24) is 14.9 Å². The van der Waals surface area contributed by atoms with Crippen LogP contribution in [0.5, 0.6) is 5.75 Å². The van der Waals surface area contributed by atoms with Crippen molar-refractivity contribution in [3.05, 3.63) is 60.2 Å². The smallest absolute Gasteiger partial charge is 0.240 e. The van der Waals surface area contributed by atoms with Gasteiger partial charge in [0.2, 0.25) is 15.9 Å². The molecule has 1 saturated carbocycles. The molecule has 3 fully saturated rings. The number of aliphatic hydroxyl groups is 1. The highest BCUT2D eigenvalue weighted by molar-refractivity contribution is 7.89. The molecule has 3 aliphatic rings. The molecule has 2 aliphatic heterocycles. The van der Waals surface area contributed by atoms with Gasteiger partial charge in [-0.3, -0.25) is 9.69 Å². The first-order valence-electron chi connectivity index (χ1n) is 16.3. The molecule has 5 rings (SSSR count). The number of benzene rings is 2. The molecule has 4 unspecified atom stereocenters. The zero-order valence-electron chi connectivity index (χ0n) is 26.1. The number of amides is 1. The number of sulfonamides is 1. The number of aliphatic hydroxyl groups excluding tert-OH is 1. The first kappa shape index (κ1) is 32.9. The van der Waals surface area contributed by atoms with E-state index in [1.54, 1.807) is 31.4 Å².